The molecule has 0 radical (unpaired) electrons. The normalized spacial score (nSPS) is 10.5. The minimum atomic E-state index is -0.920. The van der Waals surface area contributed by atoms with Crippen LogP contribution in [0.3, 0.4) is 0 Å². The molecule has 0 aliphatic heterocycles. The van der Waals surface area contributed by atoms with Crippen LogP contribution in [0.1, 0.15) is 36.2 Å². The van der Waals surface area contributed by atoms with Crippen LogP contribution in [-0.2, 0) is 11.2 Å². The van der Waals surface area contributed by atoms with Gasteiger partial charge in [0.1, 0.15) is 17.3 Å². The molecule has 9 heteroatoms. The molecule has 0 unspecified atom stereocenters. The largest absolute Gasteiger partial charge is 0.323 e. The molecule has 3 aromatic rings. The lowest BCUT2D eigenvalue weighted by atomic mass is 10.1. The lowest BCUT2D eigenvalue weighted by Gasteiger charge is -2.12. The third kappa shape index (κ3) is 6.04. The van der Waals surface area contributed by atoms with E-state index in [9.17, 15) is 18.4 Å². The van der Waals surface area contributed by atoms with Gasteiger partial charge in [-0.25, -0.2) is 13.8 Å². The van der Waals surface area contributed by atoms with Crippen LogP contribution < -0.4 is 15.4 Å². The Morgan fingerprint density at radius 1 is 1.00 bits per heavy atom. The van der Waals surface area contributed by atoms with Gasteiger partial charge in [0, 0.05) is 18.0 Å². The molecule has 0 spiro atoms. The molecule has 3 N–H and O–H groups in total. The first-order valence-corrected chi connectivity index (χ1v) is 10.7. The van der Waals surface area contributed by atoms with Crippen molar-refractivity contribution in [3.63, 3.8) is 0 Å². The molecule has 0 bridgehead atoms. The Kier molecular flexibility index (Phi) is 7.77. The molecule has 1 heterocycles. The number of nitrogens with one attached hydrogen (secondary N) is 3. The van der Waals surface area contributed by atoms with Gasteiger partial charge in [0.25, 0.3) is 5.91 Å². The molecule has 0 saturated carbocycles. The van der Waals surface area contributed by atoms with Gasteiger partial charge in [0.15, 0.2) is 5.82 Å². The standard InChI is InChI=1S/C23H22F2N4O2S/c1-3-4-15-5-8-17(9-6-15)32-29-19-11-10-18(24)22(21(19)25)28-23(31)16-7-12-20(26-13-16)27-14(2)30/h5-13,29H,3-4H2,1-2H3,(H,28,31)(H,26,27,30). The molecular weight excluding hydrogens is 434 g/mol. The summed E-state index contributed by atoms with van der Waals surface area (Å²) in [6, 6.07) is 13.0. The van der Waals surface area contributed by atoms with Crippen molar-refractivity contribution in [2.75, 3.05) is 15.4 Å². The minimum absolute atomic E-state index is 0.0310. The molecule has 2 amide bonds. The van der Waals surface area contributed by atoms with Crippen LogP contribution in [0, 0.1) is 11.6 Å². The number of carbonyl (C=O) groups excluding carboxylic acids is 2. The molecule has 166 valence electrons. The number of carbonyl (C=O) groups is 2. The average molecular weight is 457 g/mol. The SMILES string of the molecule is CCCc1ccc(SNc2ccc(F)c(NC(=O)c3ccc(NC(C)=O)nc3)c2F)cc1. The highest BCUT2D eigenvalue weighted by atomic mass is 32.2. The topological polar surface area (TPSA) is 83.1 Å². The van der Waals surface area contributed by atoms with Gasteiger partial charge in [-0.2, -0.15) is 0 Å². The zero-order chi connectivity index (χ0) is 23.1. The highest BCUT2D eigenvalue weighted by Crippen LogP contribution is 2.30. The molecule has 6 nitrogen and oxygen atoms in total. The highest BCUT2D eigenvalue weighted by Gasteiger charge is 2.18. The molecule has 2 aromatic carbocycles. The number of hydrogen-bond acceptors (Lipinski definition) is 5. The summed E-state index contributed by atoms with van der Waals surface area (Å²) in [4.78, 5) is 28.3. The summed E-state index contributed by atoms with van der Waals surface area (Å²) < 4.78 is 32.0. The van der Waals surface area contributed by atoms with E-state index < -0.39 is 23.2 Å². The number of benzene rings is 2. The van der Waals surface area contributed by atoms with Crippen molar-refractivity contribution >= 4 is 41.0 Å². The number of pyridine rings is 1. The smallest absolute Gasteiger partial charge is 0.257 e. The zero-order valence-corrected chi connectivity index (χ0v) is 18.4. The summed E-state index contributed by atoms with van der Waals surface area (Å²) in [5.74, 6) is -2.61. The van der Waals surface area contributed by atoms with Gasteiger partial charge in [0.2, 0.25) is 5.91 Å². The summed E-state index contributed by atoms with van der Waals surface area (Å²) in [7, 11) is 0. The monoisotopic (exact) mass is 456 g/mol. The molecule has 1 aromatic heterocycles. The van der Waals surface area contributed by atoms with Crippen molar-refractivity contribution in [3.8, 4) is 0 Å². The van der Waals surface area contributed by atoms with Crippen molar-refractivity contribution < 1.29 is 18.4 Å². The molecule has 0 fully saturated rings. The van der Waals surface area contributed by atoms with Crippen LogP contribution in [0.4, 0.5) is 26.0 Å². The molecule has 3 rings (SSSR count). The summed E-state index contributed by atoms with van der Waals surface area (Å²) in [6.45, 7) is 3.43. The first-order chi connectivity index (χ1) is 15.4. The fourth-order valence-electron chi connectivity index (χ4n) is 2.84. The number of aryl methyl sites for hydroxylation is 1. The summed E-state index contributed by atoms with van der Waals surface area (Å²) in [6.07, 6.45) is 3.24. The lowest BCUT2D eigenvalue weighted by molar-refractivity contribution is -0.114. The highest BCUT2D eigenvalue weighted by molar-refractivity contribution is 8.00. The number of hydrogen-bond donors (Lipinski definition) is 3. The average Bonchev–Trinajstić information content (AvgIpc) is 2.77. The predicted molar refractivity (Wildman–Crippen MR) is 123 cm³/mol. The van der Waals surface area contributed by atoms with Crippen LogP contribution in [0.5, 0.6) is 0 Å². The van der Waals surface area contributed by atoms with Crippen LogP contribution in [0.2, 0.25) is 0 Å². The first-order valence-electron chi connectivity index (χ1n) is 9.92. The Balaban J connectivity index is 1.70. The van der Waals surface area contributed by atoms with Crippen molar-refractivity contribution in [1.29, 1.82) is 0 Å². The summed E-state index contributed by atoms with van der Waals surface area (Å²) in [5, 5.41) is 4.72. The van der Waals surface area contributed by atoms with Gasteiger partial charge in [-0.05, 0) is 60.3 Å². The number of aromatic nitrogens is 1. The van der Waals surface area contributed by atoms with Crippen molar-refractivity contribution in [2.45, 2.75) is 31.6 Å². The Hall–Kier alpha value is -3.46. The Morgan fingerprint density at radius 2 is 1.75 bits per heavy atom. The molecule has 0 atom stereocenters. The first kappa shape index (κ1) is 23.2. The van der Waals surface area contributed by atoms with E-state index in [1.165, 1.54) is 48.8 Å². The predicted octanol–water partition coefficient (Wildman–Crippen LogP) is 5.64. The lowest BCUT2D eigenvalue weighted by Crippen LogP contribution is -2.15. The summed E-state index contributed by atoms with van der Waals surface area (Å²) >= 11 is 1.18. The minimum Gasteiger partial charge on any atom is -0.323 e. The molecule has 0 aliphatic carbocycles. The van der Waals surface area contributed by atoms with E-state index in [1.807, 2.05) is 24.3 Å². The van der Waals surface area contributed by atoms with E-state index in [1.54, 1.807) is 0 Å². The summed E-state index contributed by atoms with van der Waals surface area (Å²) in [5.41, 5.74) is 0.764. The molecule has 32 heavy (non-hydrogen) atoms. The van der Waals surface area contributed by atoms with Crippen molar-refractivity contribution in [2.24, 2.45) is 0 Å². The van der Waals surface area contributed by atoms with Gasteiger partial charge < -0.3 is 15.4 Å². The maximum absolute atomic E-state index is 14.9. The van der Waals surface area contributed by atoms with Crippen molar-refractivity contribution in [3.05, 3.63) is 77.5 Å². The van der Waals surface area contributed by atoms with Gasteiger partial charge in [-0.3, -0.25) is 9.59 Å². The Labute approximate surface area is 189 Å². The van der Waals surface area contributed by atoms with E-state index in [-0.39, 0.29) is 23.0 Å². The van der Waals surface area contributed by atoms with Gasteiger partial charge in [0.05, 0.1) is 11.3 Å². The maximum atomic E-state index is 14.9. The third-order valence-corrected chi connectivity index (χ3v) is 5.23. The zero-order valence-electron chi connectivity index (χ0n) is 17.5. The van der Waals surface area contributed by atoms with Gasteiger partial charge in [-0.15, -0.1) is 0 Å². The van der Waals surface area contributed by atoms with Crippen LogP contribution in [-0.4, -0.2) is 16.8 Å². The number of halogens is 2. The molecular formula is C23H22F2N4O2S. The third-order valence-electron chi connectivity index (χ3n) is 4.40. The quantitative estimate of drug-likeness (QED) is 0.382. The Bertz CT molecular complexity index is 1110. The second-order valence-corrected chi connectivity index (χ2v) is 7.83. The number of amides is 2. The van der Waals surface area contributed by atoms with Crippen LogP contribution >= 0.6 is 11.9 Å². The fourth-order valence-corrected chi connectivity index (χ4v) is 3.50. The van der Waals surface area contributed by atoms with E-state index in [4.69, 9.17) is 0 Å². The van der Waals surface area contributed by atoms with Crippen molar-refractivity contribution in [1.82, 2.24) is 4.98 Å². The number of rotatable bonds is 8. The van der Waals surface area contributed by atoms with E-state index in [2.05, 4.69) is 27.3 Å². The van der Waals surface area contributed by atoms with Gasteiger partial charge in [-0.1, -0.05) is 25.5 Å². The fraction of sp³-hybridized carbons (Fsp3) is 0.174. The molecule has 0 aliphatic rings. The molecule has 0 saturated heterocycles. The van der Waals surface area contributed by atoms with Crippen LogP contribution in [0.25, 0.3) is 0 Å². The van der Waals surface area contributed by atoms with E-state index >= 15 is 0 Å². The van der Waals surface area contributed by atoms with E-state index in [0.29, 0.717) is 0 Å². The maximum Gasteiger partial charge on any atom is 0.257 e. The number of nitrogens with zero attached hydrogens (tertiary/aromatic N) is 1. The Morgan fingerprint density at radius 3 is 2.38 bits per heavy atom. The van der Waals surface area contributed by atoms with E-state index in [0.717, 1.165) is 23.8 Å². The van der Waals surface area contributed by atoms with Crippen LogP contribution in [0.15, 0.2) is 59.6 Å². The number of anilines is 3. The second-order valence-electron chi connectivity index (χ2n) is 6.95. The second kappa shape index (κ2) is 10.7. The van der Waals surface area contributed by atoms with Gasteiger partial charge >= 0.3 is 0 Å².